The third-order valence-electron chi connectivity index (χ3n) is 7.54. The van der Waals surface area contributed by atoms with Crippen LogP contribution in [0.25, 0.3) is 16.6 Å². The van der Waals surface area contributed by atoms with Gasteiger partial charge in [0.1, 0.15) is 23.7 Å². The zero-order chi connectivity index (χ0) is 33.3. The van der Waals surface area contributed by atoms with Crippen molar-refractivity contribution < 1.29 is 23.9 Å². The largest absolute Gasteiger partial charge is 0.455 e. The Bertz CT molecular complexity index is 1970. The van der Waals surface area contributed by atoms with E-state index >= 15 is 0 Å². The highest BCUT2D eigenvalue weighted by Crippen LogP contribution is 2.30. The predicted octanol–water partition coefficient (Wildman–Crippen LogP) is 4.18. The van der Waals surface area contributed by atoms with Crippen molar-refractivity contribution in [2.75, 3.05) is 23.3 Å². The maximum atomic E-state index is 13.9. The van der Waals surface area contributed by atoms with E-state index in [-0.39, 0.29) is 25.2 Å². The van der Waals surface area contributed by atoms with Crippen LogP contribution in [0.4, 0.5) is 11.4 Å². The van der Waals surface area contributed by atoms with Crippen molar-refractivity contribution in [2.24, 2.45) is 0 Å². The Hall–Kier alpha value is -5.56. The fraction of sp³-hybridized carbons (Fsp3) is 0.242. The van der Waals surface area contributed by atoms with Gasteiger partial charge in [-0.05, 0) is 79.2 Å². The monoisotopic (exact) mass is 654 g/mol. The van der Waals surface area contributed by atoms with Crippen molar-refractivity contribution in [1.82, 2.24) is 30.1 Å². The standard InChI is InChI=1S/C33H31ClN8O5/c1-33(2,3)47-32(46)25-17-21-16-23(10-11-24(21)37-25)36-29(43)28(15-20-7-5-4-6-8-20)41-14-13-40(30(44)31(41)45)27-18-22(34)9-12-26(27)42-19-35-38-39-42/h4-12,16-19,28,37H,13-15H2,1-3H3,(H,36,43). The van der Waals surface area contributed by atoms with Gasteiger partial charge in [-0.25, -0.2) is 4.79 Å². The molecule has 3 aromatic carbocycles. The molecule has 2 N–H and O–H groups in total. The molecule has 13 nitrogen and oxygen atoms in total. The van der Waals surface area contributed by atoms with Crippen LogP contribution >= 0.6 is 11.6 Å². The first-order valence-electron chi connectivity index (χ1n) is 14.8. The summed E-state index contributed by atoms with van der Waals surface area (Å²) in [6.07, 6.45) is 1.55. The number of benzene rings is 3. The first kappa shape index (κ1) is 31.4. The summed E-state index contributed by atoms with van der Waals surface area (Å²) in [5, 5.41) is 15.2. The summed E-state index contributed by atoms with van der Waals surface area (Å²) >= 11 is 6.28. The van der Waals surface area contributed by atoms with Gasteiger partial charge in [0.25, 0.3) is 0 Å². The minimum Gasteiger partial charge on any atom is -0.455 e. The maximum Gasteiger partial charge on any atom is 0.355 e. The lowest BCUT2D eigenvalue weighted by Crippen LogP contribution is -2.60. The molecule has 0 spiro atoms. The molecule has 0 aliphatic carbocycles. The van der Waals surface area contributed by atoms with Gasteiger partial charge in [0.2, 0.25) is 5.91 Å². The summed E-state index contributed by atoms with van der Waals surface area (Å²) in [6.45, 7) is 5.54. The van der Waals surface area contributed by atoms with Crippen LogP contribution < -0.4 is 10.2 Å². The number of nitrogens with zero attached hydrogens (tertiary/aromatic N) is 6. The zero-order valence-corrected chi connectivity index (χ0v) is 26.6. The van der Waals surface area contributed by atoms with Crippen LogP contribution in [0.2, 0.25) is 5.02 Å². The van der Waals surface area contributed by atoms with Crippen LogP contribution in [-0.4, -0.2) is 78.5 Å². The number of ether oxygens (including phenoxy) is 1. The molecule has 1 atom stereocenters. The number of carbonyl (C=O) groups excluding carboxylic acids is 4. The molecule has 6 rings (SSSR count). The molecule has 3 amide bonds. The molecular weight excluding hydrogens is 624 g/mol. The number of amides is 3. The van der Waals surface area contributed by atoms with Crippen molar-refractivity contribution >= 4 is 57.6 Å². The van der Waals surface area contributed by atoms with Crippen LogP contribution in [0.15, 0.2) is 79.1 Å². The molecule has 5 aromatic rings. The first-order valence-corrected chi connectivity index (χ1v) is 15.2. The number of anilines is 2. The molecule has 1 unspecified atom stereocenters. The second-order valence-corrected chi connectivity index (χ2v) is 12.5. The van der Waals surface area contributed by atoms with Gasteiger partial charge in [0.05, 0.1) is 11.4 Å². The lowest BCUT2D eigenvalue weighted by molar-refractivity contribution is -0.149. The number of aromatic amines is 1. The molecule has 0 saturated carbocycles. The highest BCUT2D eigenvalue weighted by Gasteiger charge is 2.40. The van der Waals surface area contributed by atoms with Gasteiger partial charge in [-0.1, -0.05) is 41.9 Å². The second kappa shape index (κ2) is 12.7. The number of halogens is 1. The van der Waals surface area contributed by atoms with E-state index in [1.807, 2.05) is 30.3 Å². The number of carbonyl (C=O) groups is 4. The molecule has 1 fully saturated rings. The lowest BCUT2D eigenvalue weighted by atomic mass is 10.0. The van der Waals surface area contributed by atoms with Crippen LogP contribution in [-0.2, 0) is 25.5 Å². The van der Waals surface area contributed by atoms with E-state index in [0.717, 1.165) is 5.56 Å². The first-order chi connectivity index (χ1) is 22.5. The number of piperazine rings is 1. The Balaban J connectivity index is 1.25. The molecule has 1 aliphatic heterocycles. The number of H-pyrrole nitrogens is 1. The summed E-state index contributed by atoms with van der Waals surface area (Å²) < 4.78 is 6.84. The Morgan fingerprint density at radius 3 is 2.49 bits per heavy atom. The zero-order valence-electron chi connectivity index (χ0n) is 25.8. The van der Waals surface area contributed by atoms with Gasteiger partial charge in [-0.3, -0.25) is 14.4 Å². The normalized spacial score (nSPS) is 14.4. The molecule has 0 radical (unpaired) electrons. The third kappa shape index (κ3) is 6.84. The number of aromatic nitrogens is 5. The number of fused-ring (bicyclic) bond motifs is 1. The van der Waals surface area contributed by atoms with Gasteiger partial charge in [-0.15, -0.1) is 5.10 Å². The number of rotatable bonds is 8. The van der Waals surface area contributed by atoms with E-state index in [4.69, 9.17) is 16.3 Å². The van der Waals surface area contributed by atoms with Crippen LogP contribution in [0, 0.1) is 0 Å². The van der Waals surface area contributed by atoms with Crippen molar-refractivity contribution in [3.8, 4) is 5.69 Å². The smallest absolute Gasteiger partial charge is 0.355 e. The molecule has 0 bridgehead atoms. The van der Waals surface area contributed by atoms with Crippen LogP contribution in [0.5, 0.6) is 0 Å². The number of hydrogen-bond acceptors (Lipinski definition) is 8. The Kier molecular flexibility index (Phi) is 8.48. The average molecular weight is 655 g/mol. The van der Waals surface area contributed by atoms with E-state index in [1.165, 1.54) is 20.8 Å². The van der Waals surface area contributed by atoms with E-state index in [9.17, 15) is 19.2 Å². The molecule has 240 valence electrons. The fourth-order valence-electron chi connectivity index (χ4n) is 5.42. The fourth-order valence-corrected chi connectivity index (χ4v) is 5.58. The summed E-state index contributed by atoms with van der Waals surface area (Å²) in [4.78, 5) is 59.6. The van der Waals surface area contributed by atoms with Crippen molar-refractivity contribution in [3.63, 3.8) is 0 Å². The predicted molar refractivity (Wildman–Crippen MR) is 174 cm³/mol. The summed E-state index contributed by atoms with van der Waals surface area (Å²) in [7, 11) is 0. The molecule has 47 heavy (non-hydrogen) atoms. The molecule has 14 heteroatoms. The van der Waals surface area contributed by atoms with Crippen molar-refractivity contribution in [1.29, 1.82) is 0 Å². The van der Waals surface area contributed by atoms with Gasteiger partial charge < -0.3 is 24.8 Å². The lowest BCUT2D eigenvalue weighted by Gasteiger charge is -2.38. The highest BCUT2D eigenvalue weighted by molar-refractivity contribution is 6.41. The minimum absolute atomic E-state index is 0.0765. The van der Waals surface area contributed by atoms with Gasteiger partial charge in [0.15, 0.2) is 0 Å². The van der Waals surface area contributed by atoms with Gasteiger partial charge in [0, 0.05) is 41.1 Å². The van der Waals surface area contributed by atoms with Gasteiger partial charge in [-0.2, -0.15) is 4.68 Å². The van der Waals surface area contributed by atoms with Crippen LogP contribution in [0.3, 0.4) is 0 Å². The van der Waals surface area contributed by atoms with E-state index in [1.54, 1.807) is 63.2 Å². The van der Waals surface area contributed by atoms with E-state index < -0.39 is 35.3 Å². The Morgan fingerprint density at radius 2 is 1.77 bits per heavy atom. The summed E-state index contributed by atoms with van der Waals surface area (Å²) in [5.41, 5.74) is 2.40. The molecule has 1 aliphatic rings. The minimum atomic E-state index is -1.01. The van der Waals surface area contributed by atoms with E-state index in [0.29, 0.717) is 33.0 Å². The maximum absolute atomic E-state index is 13.9. The highest BCUT2D eigenvalue weighted by atomic mass is 35.5. The summed E-state index contributed by atoms with van der Waals surface area (Å²) in [6, 6.07) is 19.9. The van der Waals surface area contributed by atoms with E-state index in [2.05, 4.69) is 25.8 Å². The molecular formula is C33H31ClN8O5. The quantitative estimate of drug-likeness (QED) is 0.187. The Morgan fingerprint density at radius 1 is 0.979 bits per heavy atom. The number of hydrogen-bond donors (Lipinski definition) is 2. The second-order valence-electron chi connectivity index (χ2n) is 12.0. The number of esters is 1. The average Bonchev–Trinajstić information content (AvgIpc) is 3.72. The number of nitrogens with one attached hydrogen (secondary N) is 2. The van der Waals surface area contributed by atoms with Crippen molar-refractivity contribution in [3.05, 3.63) is 95.4 Å². The molecule has 1 saturated heterocycles. The van der Waals surface area contributed by atoms with Crippen LogP contribution in [0.1, 0.15) is 36.8 Å². The number of tetrazole rings is 1. The topological polar surface area (TPSA) is 155 Å². The third-order valence-corrected chi connectivity index (χ3v) is 7.77. The molecule has 3 heterocycles. The summed E-state index contributed by atoms with van der Waals surface area (Å²) in [5.74, 6) is -2.62. The SMILES string of the molecule is CC(C)(C)OC(=O)c1cc2cc(NC(=O)C(Cc3ccccc3)N3CCN(c4cc(Cl)ccc4-n4cnnn4)C(=O)C3=O)ccc2[nH]1. The van der Waals surface area contributed by atoms with Gasteiger partial charge >= 0.3 is 17.8 Å². The Labute approximate surface area is 274 Å². The van der Waals surface area contributed by atoms with Crippen molar-refractivity contribution in [2.45, 2.75) is 38.8 Å². The molecule has 2 aromatic heterocycles.